The summed E-state index contributed by atoms with van der Waals surface area (Å²) >= 11 is 6.63. The van der Waals surface area contributed by atoms with Crippen molar-refractivity contribution >= 4 is 41.4 Å². The molecule has 2 heterocycles. The Morgan fingerprint density at radius 3 is 2.59 bits per heavy atom. The van der Waals surface area contributed by atoms with Gasteiger partial charge in [0.1, 0.15) is 30.6 Å². The maximum atomic E-state index is 12.1. The Balaban J connectivity index is 1.43. The van der Waals surface area contributed by atoms with E-state index >= 15 is 0 Å². The van der Waals surface area contributed by atoms with Gasteiger partial charge in [-0.15, -0.1) is 11.6 Å². The molecular formula is C19H25ClN5OP. The van der Waals surface area contributed by atoms with Crippen LogP contribution in [0.2, 0.25) is 0 Å². The van der Waals surface area contributed by atoms with Crippen molar-refractivity contribution in [1.29, 1.82) is 0 Å². The number of nitrogens with one attached hydrogen (secondary N) is 2. The van der Waals surface area contributed by atoms with Crippen molar-refractivity contribution in [2.45, 2.75) is 24.8 Å². The Kier molecular flexibility index (Phi) is 5.15. The van der Waals surface area contributed by atoms with Crippen LogP contribution in [0.25, 0.3) is 0 Å². The molecule has 1 aliphatic carbocycles. The predicted molar refractivity (Wildman–Crippen MR) is 112 cm³/mol. The van der Waals surface area contributed by atoms with E-state index in [-0.39, 0.29) is 5.50 Å². The number of halogens is 1. The summed E-state index contributed by atoms with van der Waals surface area (Å²) in [5, 5.41) is 6.23. The molecule has 2 fully saturated rings. The van der Waals surface area contributed by atoms with Gasteiger partial charge >= 0.3 is 0 Å². The molecule has 144 valence electrons. The molecule has 0 spiro atoms. The molecule has 2 aromatic rings. The van der Waals surface area contributed by atoms with Crippen LogP contribution in [0.5, 0.6) is 0 Å². The Labute approximate surface area is 165 Å². The second kappa shape index (κ2) is 7.42. The lowest BCUT2D eigenvalue weighted by molar-refractivity contribution is 0.339. The van der Waals surface area contributed by atoms with E-state index in [1.807, 2.05) is 30.3 Å². The first-order valence-corrected chi connectivity index (χ1v) is 12.4. The molecule has 1 aromatic heterocycles. The van der Waals surface area contributed by atoms with Crippen molar-refractivity contribution in [1.82, 2.24) is 15.0 Å². The normalized spacial score (nSPS) is 25.4. The SMILES string of the molecule is CP(C)(=O)c1ccc(Nc2cc(NN3CC4CCCC4C3Cl)ncn2)cc1. The monoisotopic (exact) mass is 405 g/mol. The molecule has 0 radical (unpaired) electrons. The molecule has 6 nitrogen and oxygen atoms in total. The predicted octanol–water partition coefficient (Wildman–Crippen LogP) is 4.09. The fraction of sp³-hybridized carbons (Fsp3) is 0.474. The van der Waals surface area contributed by atoms with E-state index in [0.29, 0.717) is 17.7 Å². The summed E-state index contributed by atoms with van der Waals surface area (Å²) < 4.78 is 12.1. The van der Waals surface area contributed by atoms with Gasteiger partial charge in [0, 0.05) is 23.6 Å². The summed E-state index contributed by atoms with van der Waals surface area (Å²) in [5.74, 6) is 2.68. The second-order valence-electron chi connectivity index (χ2n) is 7.80. The average molecular weight is 406 g/mol. The van der Waals surface area contributed by atoms with Crippen LogP contribution in [0.15, 0.2) is 36.7 Å². The van der Waals surface area contributed by atoms with Gasteiger partial charge in [-0.2, -0.15) is 0 Å². The molecule has 3 atom stereocenters. The molecule has 3 unspecified atom stereocenters. The van der Waals surface area contributed by atoms with Crippen molar-refractivity contribution in [3.05, 3.63) is 36.7 Å². The van der Waals surface area contributed by atoms with E-state index < -0.39 is 7.14 Å². The second-order valence-corrected chi connectivity index (χ2v) is 11.5. The van der Waals surface area contributed by atoms with Crippen molar-refractivity contribution in [2.75, 3.05) is 30.6 Å². The molecule has 2 aliphatic rings. The molecule has 0 bridgehead atoms. The molecule has 1 aliphatic heterocycles. The molecular weight excluding hydrogens is 381 g/mol. The first-order chi connectivity index (χ1) is 12.9. The Morgan fingerprint density at radius 2 is 1.89 bits per heavy atom. The molecule has 4 rings (SSSR count). The summed E-state index contributed by atoms with van der Waals surface area (Å²) in [6, 6.07) is 9.49. The molecule has 1 aromatic carbocycles. The van der Waals surface area contributed by atoms with E-state index in [1.165, 1.54) is 25.6 Å². The number of hydrazine groups is 1. The van der Waals surface area contributed by atoms with E-state index in [4.69, 9.17) is 11.6 Å². The summed E-state index contributed by atoms with van der Waals surface area (Å²) in [6.45, 7) is 4.50. The molecule has 27 heavy (non-hydrogen) atoms. The number of hydrogen-bond donors (Lipinski definition) is 2. The van der Waals surface area contributed by atoms with Gasteiger partial charge in [0.2, 0.25) is 0 Å². The number of aromatic nitrogens is 2. The first kappa shape index (κ1) is 18.7. The minimum absolute atomic E-state index is 0.00944. The van der Waals surface area contributed by atoms with E-state index in [9.17, 15) is 4.57 Å². The third-order valence-corrected chi connectivity index (χ3v) is 7.59. The van der Waals surface area contributed by atoms with Crippen LogP contribution in [0.3, 0.4) is 0 Å². The fourth-order valence-corrected chi connectivity index (χ4v) is 5.36. The number of anilines is 3. The lowest BCUT2D eigenvalue weighted by Gasteiger charge is -2.23. The zero-order chi connectivity index (χ0) is 19.0. The van der Waals surface area contributed by atoms with Gasteiger partial charge < -0.3 is 15.3 Å². The lowest BCUT2D eigenvalue weighted by Crippen LogP contribution is -2.34. The molecule has 2 N–H and O–H groups in total. The van der Waals surface area contributed by atoms with Crippen LogP contribution in [0.4, 0.5) is 17.3 Å². The fourth-order valence-electron chi connectivity index (χ4n) is 4.03. The van der Waals surface area contributed by atoms with Crippen molar-refractivity contribution in [3.8, 4) is 0 Å². The molecule has 1 saturated carbocycles. The Morgan fingerprint density at radius 1 is 1.15 bits per heavy atom. The average Bonchev–Trinajstić information content (AvgIpc) is 3.19. The van der Waals surface area contributed by atoms with Crippen LogP contribution in [0.1, 0.15) is 19.3 Å². The summed E-state index contributed by atoms with van der Waals surface area (Å²) in [6.07, 6.45) is 5.30. The molecule has 8 heteroatoms. The smallest absolute Gasteiger partial charge is 0.145 e. The van der Waals surface area contributed by atoms with Gasteiger partial charge in [-0.1, -0.05) is 6.42 Å². The van der Waals surface area contributed by atoms with Crippen molar-refractivity contribution in [3.63, 3.8) is 0 Å². The minimum atomic E-state index is -2.24. The third kappa shape index (κ3) is 4.13. The molecule has 0 amide bonds. The number of benzene rings is 1. The standard InChI is InChI=1S/C19H25ClN5OP/c1-27(2,26)15-8-6-14(7-9-15)23-17-10-18(22-12-21-17)24-25-11-13-4-3-5-16(13)19(25)20/h6-10,12-13,16,19H,3-5,11H2,1-2H3,(H2,21,22,23,24). The maximum absolute atomic E-state index is 12.1. The number of nitrogens with zero attached hydrogens (tertiary/aromatic N) is 3. The number of rotatable bonds is 5. The number of alkyl halides is 1. The topological polar surface area (TPSA) is 70.2 Å². The highest BCUT2D eigenvalue weighted by Crippen LogP contribution is 2.43. The largest absolute Gasteiger partial charge is 0.340 e. The van der Waals surface area contributed by atoms with Crippen molar-refractivity contribution < 1.29 is 4.57 Å². The van der Waals surface area contributed by atoms with E-state index in [1.54, 1.807) is 13.3 Å². The zero-order valence-corrected chi connectivity index (χ0v) is 17.3. The van der Waals surface area contributed by atoms with Gasteiger partial charge in [0.05, 0.1) is 0 Å². The summed E-state index contributed by atoms with van der Waals surface area (Å²) in [7, 11) is -2.24. The highest BCUT2D eigenvalue weighted by molar-refractivity contribution is 7.70. The lowest BCUT2D eigenvalue weighted by atomic mass is 10.0. The summed E-state index contributed by atoms with van der Waals surface area (Å²) in [4.78, 5) is 8.61. The number of fused-ring (bicyclic) bond motifs is 1. The minimum Gasteiger partial charge on any atom is -0.340 e. The van der Waals surface area contributed by atoms with Gasteiger partial charge in [0.25, 0.3) is 0 Å². The quantitative estimate of drug-likeness (QED) is 0.443. The van der Waals surface area contributed by atoms with E-state index in [2.05, 4.69) is 25.7 Å². The van der Waals surface area contributed by atoms with Crippen LogP contribution < -0.4 is 16.0 Å². The van der Waals surface area contributed by atoms with Crippen LogP contribution in [0, 0.1) is 11.8 Å². The van der Waals surface area contributed by atoms with Crippen molar-refractivity contribution in [2.24, 2.45) is 11.8 Å². The molecule has 1 saturated heterocycles. The maximum Gasteiger partial charge on any atom is 0.145 e. The first-order valence-electron chi connectivity index (χ1n) is 9.32. The van der Waals surface area contributed by atoms with Crippen LogP contribution in [-0.2, 0) is 4.57 Å². The van der Waals surface area contributed by atoms with Crippen LogP contribution in [-0.4, -0.2) is 40.4 Å². The number of hydrogen-bond acceptors (Lipinski definition) is 6. The highest BCUT2D eigenvalue weighted by atomic mass is 35.5. The highest BCUT2D eigenvalue weighted by Gasteiger charge is 2.43. The van der Waals surface area contributed by atoms with Gasteiger partial charge in [0.15, 0.2) is 0 Å². The zero-order valence-electron chi connectivity index (χ0n) is 15.6. The third-order valence-electron chi connectivity index (χ3n) is 5.49. The van der Waals surface area contributed by atoms with Gasteiger partial charge in [-0.3, -0.25) is 0 Å². The van der Waals surface area contributed by atoms with Crippen LogP contribution >= 0.6 is 18.7 Å². The Bertz CT molecular complexity index is 855. The van der Waals surface area contributed by atoms with Gasteiger partial charge in [-0.25, -0.2) is 15.0 Å². The van der Waals surface area contributed by atoms with E-state index in [0.717, 1.165) is 23.4 Å². The summed E-state index contributed by atoms with van der Waals surface area (Å²) in [5.41, 5.74) is 4.25. The Hall–Kier alpha value is -1.62. The van der Waals surface area contributed by atoms with Gasteiger partial charge in [-0.05, 0) is 62.3 Å².